The topological polar surface area (TPSA) is 36.1 Å². The Bertz CT molecular complexity index is 1520. The van der Waals surface area contributed by atoms with Gasteiger partial charge in [0.1, 0.15) is 0 Å². The maximum atomic E-state index is 3.51. The number of rotatable bonds is 10. The molecule has 0 aromatic heterocycles. The van der Waals surface area contributed by atoms with Gasteiger partial charge in [-0.05, 0) is 121 Å². The van der Waals surface area contributed by atoms with Crippen LogP contribution < -0.4 is 16.0 Å². The largest absolute Gasteiger partial charge is 0.356 e. The number of para-hydroxylation sites is 2. The van der Waals surface area contributed by atoms with Crippen LogP contribution in [-0.2, 0) is 0 Å². The SMILES string of the molecule is c1ccc(Nc2ccc(Sc3ccc(Nc4ccc(Sc5ccc(Nc6ccccc6)cc5)cc4)cc3)cc2)cc1. The monoisotopic (exact) mass is 567 g/mol. The molecule has 6 aromatic rings. The highest BCUT2D eigenvalue weighted by molar-refractivity contribution is 7.99. The third-order valence-electron chi connectivity index (χ3n) is 6.30. The van der Waals surface area contributed by atoms with E-state index in [-0.39, 0.29) is 0 Å². The molecule has 3 nitrogen and oxygen atoms in total. The van der Waals surface area contributed by atoms with E-state index in [1.807, 2.05) is 36.4 Å². The predicted molar refractivity (Wildman–Crippen MR) is 177 cm³/mol. The fourth-order valence-electron chi connectivity index (χ4n) is 4.24. The lowest BCUT2D eigenvalue weighted by Gasteiger charge is -2.10. The van der Waals surface area contributed by atoms with Crippen LogP contribution in [-0.4, -0.2) is 0 Å². The summed E-state index contributed by atoms with van der Waals surface area (Å²) < 4.78 is 0. The van der Waals surface area contributed by atoms with Crippen LogP contribution in [0.15, 0.2) is 177 Å². The Morgan fingerprint density at radius 1 is 0.244 bits per heavy atom. The summed E-state index contributed by atoms with van der Waals surface area (Å²) in [6.07, 6.45) is 0. The Balaban J connectivity index is 0.995. The minimum absolute atomic E-state index is 1.07. The van der Waals surface area contributed by atoms with Crippen LogP contribution in [0.4, 0.5) is 34.1 Å². The normalized spacial score (nSPS) is 10.6. The molecule has 0 heterocycles. The van der Waals surface area contributed by atoms with Gasteiger partial charge in [0.25, 0.3) is 0 Å². The van der Waals surface area contributed by atoms with Crippen molar-refractivity contribution in [1.29, 1.82) is 0 Å². The number of hydrogen-bond donors (Lipinski definition) is 3. The first kappa shape index (κ1) is 26.6. The summed E-state index contributed by atoms with van der Waals surface area (Å²) in [5.41, 5.74) is 6.48. The molecule has 0 fully saturated rings. The second kappa shape index (κ2) is 13.2. The van der Waals surface area contributed by atoms with Crippen LogP contribution in [0.2, 0.25) is 0 Å². The quantitative estimate of drug-likeness (QED) is 0.153. The van der Waals surface area contributed by atoms with E-state index >= 15 is 0 Å². The molecule has 0 unspecified atom stereocenters. The van der Waals surface area contributed by atoms with Crippen molar-refractivity contribution in [1.82, 2.24) is 0 Å². The van der Waals surface area contributed by atoms with Gasteiger partial charge in [-0.25, -0.2) is 0 Å². The first-order valence-electron chi connectivity index (χ1n) is 13.4. The Kier molecular flexibility index (Phi) is 8.56. The molecule has 41 heavy (non-hydrogen) atoms. The van der Waals surface area contributed by atoms with Gasteiger partial charge < -0.3 is 16.0 Å². The van der Waals surface area contributed by atoms with Crippen molar-refractivity contribution in [3.63, 3.8) is 0 Å². The summed E-state index contributed by atoms with van der Waals surface area (Å²) in [6.45, 7) is 0. The lowest BCUT2D eigenvalue weighted by molar-refractivity contribution is 1.38. The summed E-state index contributed by atoms with van der Waals surface area (Å²) in [4.78, 5) is 4.83. The van der Waals surface area contributed by atoms with Gasteiger partial charge in [0.15, 0.2) is 0 Å². The Labute approximate surface area is 250 Å². The second-order valence-corrected chi connectivity index (χ2v) is 11.7. The number of anilines is 6. The molecule has 3 N–H and O–H groups in total. The van der Waals surface area contributed by atoms with E-state index in [0.717, 1.165) is 34.1 Å². The van der Waals surface area contributed by atoms with Crippen LogP contribution in [0.5, 0.6) is 0 Å². The molecule has 0 amide bonds. The van der Waals surface area contributed by atoms with Gasteiger partial charge in [-0.1, -0.05) is 59.9 Å². The predicted octanol–water partition coefficient (Wildman–Crippen LogP) is 11.2. The lowest BCUT2D eigenvalue weighted by atomic mass is 10.2. The Hall–Kier alpha value is -4.58. The first-order chi connectivity index (χ1) is 20.2. The van der Waals surface area contributed by atoms with Crippen molar-refractivity contribution < 1.29 is 0 Å². The minimum Gasteiger partial charge on any atom is -0.356 e. The fraction of sp³-hybridized carbons (Fsp3) is 0. The van der Waals surface area contributed by atoms with E-state index in [1.54, 1.807) is 23.5 Å². The maximum absolute atomic E-state index is 3.51. The molecule has 0 saturated carbocycles. The van der Waals surface area contributed by atoms with Gasteiger partial charge >= 0.3 is 0 Å². The zero-order chi connectivity index (χ0) is 27.7. The van der Waals surface area contributed by atoms with Crippen LogP contribution in [0.3, 0.4) is 0 Å². The molecule has 0 radical (unpaired) electrons. The highest BCUT2D eigenvalue weighted by atomic mass is 32.2. The smallest absolute Gasteiger partial charge is 0.0385 e. The van der Waals surface area contributed by atoms with Gasteiger partial charge in [-0.15, -0.1) is 0 Å². The third kappa shape index (κ3) is 7.76. The highest BCUT2D eigenvalue weighted by Crippen LogP contribution is 2.32. The van der Waals surface area contributed by atoms with Crippen molar-refractivity contribution in [2.45, 2.75) is 19.6 Å². The Morgan fingerprint density at radius 2 is 0.463 bits per heavy atom. The Morgan fingerprint density at radius 3 is 0.707 bits per heavy atom. The average Bonchev–Trinajstić information content (AvgIpc) is 3.02. The van der Waals surface area contributed by atoms with E-state index in [0.29, 0.717) is 0 Å². The van der Waals surface area contributed by atoms with Gasteiger partial charge in [0, 0.05) is 53.7 Å². The van der Waals surface area contributed by atoms with Gasteiger partial charge in [-0.2, -0.15) is 0 Å². The van der Waals surface area contributed by atoms with E-state index in [2.05, 4.69) is 137 Å². The van der Waals surface area contributed by atoms with E-state index in [9.17, 15) is 0 Å². The van der Waals surface area contributed by atoms with E-state index < -0.39 is 0 Å². The zero-order valence-electron chi connectivity index (χ0n) is 22.3. The number of hydrogen-bond acceptors (Lipinski definition) is 5. The van der Waals surface area contributed by atoms with Crippen LogP contribution in [0, 0.1) is 0 Å². The van der Waals surface area contributed by atoms with Crippen LogP contribution in [0.25, 0.3) is 0 Å². The molecule has 0 spiro atoms. The number of benzene rings is 6. The summed E-state index contributed by atoms with van der Waals surface area (Å²) in [7, 11) is 0. The zero-order valence-corrected chi connectivity index (χ0v) is 24.0. The number of nitrogens with one attached hydrogen (secondary N) is 3. The van der Waals surface area contributed by atoms with Gasteiger partial charge in [0.05, 0.1) is 0 Å². The summed E-state index contributed by atoms with van der Waals surface area (Å²) in [5, 5.41) is 10.4. The molecule has 0 saturated heterocycles. The van der Waals surface area contributed by atoms with Crippen molar-refractivity contribution in [2.24, 2.45) is 0 Å². The van der Waals surface area contributed by atoms with Crippen molar-refractivity contribution in [3.05, 3.63) is 158 Å². The van der Waals surface area contributed by atoms with Gasteiger partial charge in [-0.3, -0.25) is 0 Å². The highest BCUT2D eigenvalue weighted by Gasteiger charge is 2.03. The maximum Gasteiger partial charge on any atom is 0.0385 e. The molecular weight excluding hydrogens is 539 g/mol. The molecule has 0 aliphatic heterocycles. The van der Waals surface area contributed by atoms with Crippen LogP contribution in [0.1, 0.15) is 0 Å². The molecule has 0 aliphatic carbocycles. The van der Waals surface area contributed by atoms with E-state index in [4.69, 9.17) is 0 Å². The minimum atomic E-state index is 1.07. The fourth-order valence-corrected chi connectivity index (χ4v) is 5.87. The molecule has 0 atom stereocenters. The van der Waals surface area contributed by atoms with Gasteiger partial charge in [0.2, 0.25) is 0 Å². The lowest BCUT2D eigenvalue weighted by Crippen LogP contribution is -1.90. The summed E-state index contributed by atoms with van der Waals surface area (Å²) in [5.74, 6) is 0. The molecule has 6 rings (SSSR count). The third-order valence-corrected chi connectivity index (χ3v) is 8.33. The summed E-state index contributed by atoms with van der Waals surface area (Å²) >= 11 is 3.52. The molecule has 6 aromatic carbocycles. The molecular formula is C36H29N3S2. The first-order valence-corrected chi connectivity index (χ1v) is 15.1. The molecule has 0 bridgehead atoms. The second-order valence-electron chi connectivity index (χ2n) is 9.41. The molecule has 200 valence electrons. The standard InChI is InChI=1S/C36H29N3S2/c1-3-7-27(8-4-1)37-29-11-19-33(20-12-29)40-35-23-15-31(16-24-35)39-32-17-25-36(26-18-32)41-34-21-13-30(14-22-34)38-28-9-5-2-6-10-28/h1-26,37-39H. The van der Waals surface area contributed by atoms with Crippen molar-refractivity contribution in [2.75, 3.05) is 16.0 Å². The average molecular weight is 568 g/mol. The van der Waals surface area contributed by atoms with E-state index in [1.165, 1.54) is 19.6 Å². The molecule has 5 heteroatoms. The van der Waals surface area contributed by atoms with Crippen molar-refractivity contribution in [3.8, 4) is 0 Å². The molecule has 0 aliphatic rings. The summed E-state index contributed by atoms with van der Waals surface area (Å²) in [6, 6.07) is 54.6. The van der Waals surface area contributed by atoms with Crippen molar-refractivity contribution >= 4 is 57.6 Å². The van der Waals surface area contributed by atoms with Crippen LogP contribution >= 0.6 is 23.5 Å².